The molecule has 0 bridgehead atoms. The molecule has 27 heavy (non-hydrogen) atoms. The minimum absolute atomic E-state index is 0.0296. The predicted molar refractivity (Wildman–Crippen MR) is 99.7 cm³/mol. The molecular formula is C20H27N3O4. The van der Waals surface area contributed by atoms with Crippen LogP contribution in [0.25, 0.3) is 0 Å². The van der Waals surface area contributed by atoms with Crippen molar-refractivity contribution in [2.24, 2.45) is 5.92 Å². The van der Waals surface area contributed by atoms with Crippen molar-refractivity contribution in [3.05, 3.63) is 24.3 Å². The van der Waals surface area contributed by atoms with Crippen molar-refractivity contribution in [2.75, 3.05) is 32.8 Å². The Hall–Kier alpha value is -2.28. The molecule has 3 aliphatic rings. The van der Waals surface area contributed by atoms with Crippen LogP contribution < -0.4 is 20.1 Å². The van der Waals surface area contributed by atoms with Gasteiger partial charge in [0, 0.05) is 19.6 Å². The Morgan fingerprint density at radius 3 is 2.85 bits per heavy atom. The molecule has 3 aliphatic heterocycles. The van der Waals surface area contributed by atoms with Gasteiger partial charge in [-0.3, -0.25) is 9.59 Å². The molecule has 4 rings (SSSR count). The molecule has 1 aromatic rings. The van der Waals surface area contributed by atoms with Gasteiger partial charge in [0.05, 0.1) is 6.04 Å². The highest BCUT2D eigenvalue weighted by molar-refractivity contribution is 5.82. The summed E-state index contributed by atoms with van der Waals surface area (Å²) < 4.78 is 11.5. The molecule has 7 heteroatoms. The number of ether oxygens (including phenoxy) is 2. The maximum atomic E-state index is 12.9. The van der Waals surface area contributed by atoms with Gasteiger partial charge < -0.3 is 25.0 Å². The molecular weight excluding hydrogens is 346 g/mol. The fourth-order valence-corrected chi connectivity index (χ4v) is 4.05. The fraction of sp³-hybridized carbons (Fsp3) is 0.600. The summed E-state index contributed by atoms with van der Waals surface area (Å²) in [7, 11) is 0. The van der Waals surface area contributed by atoms with E-state index in [1.54, 1.807) is 0 Å². The summed E-state index contributed by atoms with van der Waals surface area (Å²) in [5.41, 5.74) is 0. The van der Waals surface area contributed by atoms with E-state index in [-0.39, 0.29) is 30.4 Å². The molecule has 2 amide bonds. The third-order valence-corrected chi connectivity index (χ3v) is 5.56. The van der Waals surface area contributed by atoms with E-state index in [4.69, 9.17) is 9.47 Å². The van der Waals surface area contributed by atoms with Gasteiger partial charge in [-0.2, -0.15) is 0 Å². The van der Waals surface area contributed by atoms with Crippen LogP contribution in [0.1, 0.15) is 25.7 Å². The predicted octanol–water partition coefficient (Wildman–Crippen LogP) is 0.933. The normalized spacial score (nSPS) is 27.3. The van der Waals surface area contributed by atoms with E-state index in [0.717, 1.165) is 38.8 Å². The number of benzene rings is 1. The number of hydrogen-bond acceptors (Lipinski definition) is 5. The quantitative estimate of drug-likeness (QED) is 0.821. The molecule has 0 saturated carbocycles. The molecule has 7 nitrogen and oxygen atoms in total. The number of hydrogen-bond donors (Lipinski definition) is 2. The van der Waals surface area contributed by atoms with E-state index in [1.165, 1.54) is 0 Å². The molecule has 3 heterocycles. The SMILES string of the molecule is O=C(NCC1CCCN(C(=O)C2COc3ccccc3O2)C1)C1CCCN1. The summed E-state index contributed by atoms with van der Waals surface area (Å²) in [5.74, 6) is 1.63. The molecule has 2 saturated heterocycles. The summed E-state index contributed by atoms with van der Waals surface area (Å²) in [5, 5.41) is 6.27. The number of carbonyl (C=O) groups is 2. The lowest BCUT2D eigenvalue weighted by Gasteiger charge is -2.36. The number of nitrogens with zero attached hydrogens (tertiary/aromatic N) is 1. The smallest absolute Gasteiger partial charge is 0.267 e. The summed E-state index contributed by atoms with van der Waals surface area (Å²) in [6.07, 6.45) is 3.32. The highest BCUT2D eigenvalue weighted by Crippen LogP contribution is 2.31. The molecule has 146 valence electrons. The van der Waals surface area contributed by atoms with E-state index in [9.17, 15) is 9.59 Å². The van der Waals surface area contributed by atoms with Crippen LogP contribution in [0.2, 0.25) is 0 Å². The van der Waals surface area contributed by atoms with E-state index in [2.05, 4.69) is 10.6 Å². The van der Waals surface area contributed by atoms with Crippen LogP contribution in [-0.2, 0) is 9.59 Å². The van der Waals surface area contributed by atoms with Crippen molar-refractivity contribution in [3.63, 3.8) is 0 Å². The molecule has 3 atom stereocenters. The van der Waals surface area contributed by atoms with Crippen LogP contribution >= 0.6 is 0 Å². The van der Waals surface area contributed by atoms with Crippen LogP contribution in [0.5, 0.6) is 11.5 Å². The van der Waals surface area contributed by atoms with Gasteiger partial charge in [0.2, 0.25) is 12.0 Å². The summed E-state index contributed by atoms with van der Waals surface area (Å²) in [4.78, 5) is 26.9. The fourth-order valence-electron chi connectivity index (χ4n) is 4.05. The average molecular weight is 373 g/mol. The van der Waals surface area contributed by atoms with E-state index in [1.807, 2.05) is 29.2 Å². The second kappa shape index (κ2) is 8.17. The molecule has 0 radical (unpaired) electrons. The minimum atomic E-state index is -0.601. The highest BCUT2D eigenvalue weighted by atomic mass is 16.6. The summed E-state index contributed by atoms with van der Waals surface area (Å²) in [6.45, 7) is 3.15. The van der Waals surface area contributed by atoms with Gasteiger partial charge in [-0.05, 0) is 50.3 Å². The number of rotatable bonds is 4. The Balaban J connectivity index is 1.29. The number of likely N-dealkylation sites (tertiary alicyclic amines) is 1. The number of carbonyl (C=O) groups excluding carboxylic acids is 2. The first-order valence-corrected chi connectivity index (χ1v) is 9.89. The Kier molecular flexibility index (Phi) is 5.48. The Bertz CT molecular complexity index is 690. The van der Waals surface area contributed by atoms with Gasteiger partial charge in [0.1, 0.15) is 6.61 Å². The van der Waals surface area contributed by atoms with Crippen LogP contribution in [-0.4, -0.2) is 61.6 Å². The second-order valence-corrected chi connectivity index (χ2v) is 7.55. The number of fused-ring (bicyclic) bond motifs is 1. The van der Waals surface area contributed by atoms with Crippen molar-refractivity contribution in [1.29, 1.82) is 0 Å². The van der Waals surface area contributed by atoms with Crippen molar-refractivity contribution < 1.29 is 19.1 Å². The van der Waals surface area contributed by atoms with Gasteiger partial charge in [-0.1, -0.05) is 12.1 Å². The first-order chi connectivity index (χ1) is 13.2. The zero-order chi connectivity index (χ0) is 18.6. The number of para-hydroxylation sites is 2. The zero-order valence-corrected chi connectivity index (χ0v) is 15.5. The number of nitrogens with one attached hydrogen (secondary N) is 2. The second-order valence-electron chi connectivity index (χ2n) is 7.55. The molecule has 2 N–H and O–H groups in total. The molecule has 0 aromatic heterocycles. The van der Waals surface area contributed by atoms with Gasteiger partial charge in [-0.25, -0.2) is 0 Å². The molecule has 1 aromatic carbocycles. The Morgan fingerprint density at radius 2 is 2.04 bits per heavy atom. The third kappa shape index (κ3) is 4.18. The van der Waals surface area contributed by atoms with Crippen molar-refractivity contribution in [3.8, 4) is 11.5 Å². The van der Waals surface area contributed by atoms with E-state index >= 15 is 0 Å². The van der Waals surface area contributed by atoms with Crippen LogP contribution in [0.3, 0.4) is 0 Å². The van der Waals surface area contributed by atoms with Gasteiger partial charge in [0.25, 0.3) is 5.91 Å². The van der Waals surface area contributed by atoms with Gasteiger partial charge in [-0.15, -0.1) is 0 Å². The summed E-state index contributed by atoms with van der Waals surface area (Å²) in [6, 6.07) is 7.36. The first kappa shape index (κ1) is 18.1. The van der Waals surface area contributed by atoms with Crippen LogP contribution in [0.4, 0.5) is 0 Å². The highest BCUT2D eigenvalue weighted by Gasteiger charge is 2.33. The Morgan fingerprint density at radius 1 is 1.19 bits per heavy atom. The van der Waals surface area contributed by atoms with Crippen LogP contribution in [0.15, 0.2) is 24.3 Å². The third-order valence-electron chi connectivity index (χ3n) is 5.56. The monoisotopic (exact) mass is 373 g/mol. The Labute approximate surface area is 159 Å². The molecule has 0 aliphatic carbocycles. The largest absolute Gasteiger partial charge is 0.485 e. The van der Waals surface area contributed by atoms with E-state index < -0.39 is 6.10 Å². The lowest BCUT2D eigenvalue weighted by Crippen LogP contribution is -2.51. The standard InChI is InChI=1S/C20H27N3O4/c24-19(15-6-3-9-21-15)22-11-14-5-4-10-23(12-14)20(25)18-13-26-16-7-1-2-8-17(16)27-18/h1-2,7-8,14-15,18,21H,3-6,9-13H2,(H,22,24). The van der Waals surface area contributed by atoms with Gasteiger partial charge >= 0.3 is 0 Å². The zero-order valence-electron chi connectivity index (χ0n) is 15.5. The number of amides is 2. The van der Waals surface area contributed by atoms with E-state index in [0.29, 0.717) is 24.6 Å². The molecule has 3 unspecified atom stereocenters. The lowest BCUT2D eigenvalue weighted by molar-refractivity contribution is -0.143. The average Bonchev–Trinajstić information content (AvgIpc) is 3.26. The lowest BCUT2D eigenvalue weighted by atomic mass is 9.97. The number of piperidine rings is 1. The molecule has 0 spiro atoms. The first-order valence-electron chi connectivity index (χ1n) is 9.89. The maximum Gasteiger partial charge on any atom is 0.267 e. The molecule has 2 fully saturated rings. The van der Waals surface area contributed by atoms with Gasteiger partial charge in [0.15, 0.2) is 11.5 Å². The topological polar surface area (TPSA) is 79.9 Å². The van der Waals surface area contributed by atoms with Crippen molar-refractivity contribution in [2.45, 2.75) is 37.8 Å². The summed E-state index contributed by atoms with van der Waals surface area (Å²) >= 11 is 0. The van der Waals surface area contributed by atoms with Crippen molar-refractivity contribution >= 4 is 11.8 Å². The van der Waals surface area contributed by atoms with Crippen molar-refractivity contribution in [1.82, 2.24) is 15.5 Å². The minimum Gasteiger partial charge on any atom is -0.485 e. The maximum absolute atomic E-state index is 12.9. The van der Waals surface area contributed by atoms with Crippen LogP contribution in [0, 0.1) is 5.92 Å².